The van der Waals surface area contributed by atoms with E-state index in [2.05, 4.69) is 5.43 Å². The highest BCUT2D eigenvalue weighted by Gasteiger charge is 2.32. The van der Waals surface area contributed by atoms with Gasteiger partial charge in [0.15, 0.2) is 0 Å². The van der Waals surface area contributed by atoms with Gasteiger partial charge in [-0.3, -0.25) is 5.84 Å². The van der Waals surface area contributed by atoms with Crippen LogP contribution in [0.2, 0.25) is 0 Å². The summed E-state index contributed by atoms with van der Waals surface area (Å²) in [7, 11) is -3.49. The second-order valence-electron chi connectivity index (χ2n) is 4.87. The second kappa shape index (κ2) is 5.46. The summed E-state index contributed by atoms with van der Waals surface area (Å²) in [6.07, 6.45) is 0.0540. The molecular formula is C12H19N3O3S. The van der Waals surface area contributed by atoms with Crippen molar-refractivity contribution in [3.05, 3.63) is 24.3 Å². The van der Waals surface area contributed by atoms with E-state index in [1.165, 1.54) is 16.4 Å². The standard InChI is InChI=1S/C12H19N3O3S/c1-9-8-15(7-6-12(9)16)19(17,18)11-4-2-10(14-13)3-5-11/h2-5,9,12,14,16H,6-8,13H2,1H3. The third-order valence-electron chi connectivity index (χ3n) is 3.48. The lowest BCUT2D eigenvalue weighted by molar-refractivity contribution is 0.0628. The first-order chi connectivity index (χ1) is 8.95. The summed E-state index contributed by atoms with van der Waals surface area (Å²) in [6.45, 7) is 2.55. The molecule has 0 bridgehead atoms. The Labute approximate surface area is 113 Å². The number of aliphatic hydroxyl groups excluding tert-OH is 1. The molecule has 1 aromatic rings. The van der Waals surface area contributed by atoms with Crippen LogP contribution in [0, 0.1) is 5.92 Å². The Kier molecular flexibility index (Phi) is 4.10. The summed E-state index contributed by atoms with van der Waals surface area (Å²) in [5.74, 6) is 5.20. The number of anilines is 1. The predicted octanol–water partition coefficient (Wildman–Crippen LogP) is 0.364. The molecule has 1 aliphatic heterocycles. The molecule has 0 amide bonds. The maximum Gasteiger partial charge on any atom is 0.243 e. The molecule has 1 fully saturated rings. The van der Waals surface area contributed by atoms with Gasteiger partial charge in [0.25, 0.3) is 0 Å². The number of nitrogens with two attached hydrogens (primary N) is 1. The molecule has 2 rings (SSSR count). The fourth-order valence-corrected chi connectivity index (χ4v) is 3.74. The lowest BCUT2D eigenvalue weighted by atomic mass is 9.99. The van der Waals surface area contributed by atoms with Gasteiger partial charge in [-0.1, -0.05) is 6.92 Å². The van der Waals surface area contributed by atoms with Crippen LogP contribution < -0.4 is 11.3 Å². The zero-order chi connectivity index (χ0) is 14.0. The molecular weight excluding hydrogens is 266 g/mol. The molecule has 0 spiro atoms. The molecule has 6 nitrogen and oxygen atoms in total. The van der Waals surface area contributed by atoms with Crippen molar-refractivity contribution in [3.8, 4) is 0 Å². The first-order valence-electron chi connectivity index (χ1n) is 6.20. The third kappa shape index (κ3) is 2.89. The van der Waals surface area contributed by atoms with E-state index in [-0.39, 0.29) is 10.8 Å². The highest BCUT2D eigenvalue weighted by molar-refractivity contribution is 7.89. The van der Waals surface area contributed by atoms with Crippen LogP contribution in [0.3, 0.4) is 0 Å². The number of sulfonamides is 1. The van der Waals surface area contributed by atoms with Crippen LogP contribution in [0.1, 0.15) is 13.3 Å². The highest BCUT2D eigenvalue weighted by Crippen LogP contribution is 2.24. The molecule has 0 saturated carbocycles. The first-order valence-corrected chi connectivity index (χ1v) is 7.64. The molecule has 0 radical (unpaired) electrons. The van der Waals surface area contributed by atoms with E-state index >= 15 is 0 Å². The van der Waals surface area contributed by atoms with Gasteiger partial charge >= 0.3 is 0 Å². The Bertz CT molecular complexity index is 530. The first kappa shape index (κ1) is 14.3. The summed E-state index contributed by atoms with van der Waals surface area (Å²) in [6, 6.07) is 6.30. The summed E-state index contributed by atoms with van der Waals surface area (Å²) in [5.41, 5.74) is 3.11. The van der Waals surface area contributed by atoms with Crippen molar-refractivity contribution in [2.24, 2.45) is 11.8 Å². The SMILES string of the molecule is CC1CN(S(=O)(=O)c2ccc(NN)cc2)CCC1O. The van der Waals surface area contributed by atoms with Crippen LogP contribution >= 0.6 is 0 Å². The molecule has 7 heteroatoms. The normalized spacial score (nSPS) is 25.2. The minimum Gasteiger partial charge on any atom is -0.393 e. The number of hydrogen-bond acceptors (Lipinski definition) is 5. The quantitative estimate of drug-likeness (QED) is 0.550. The number of benzene rings is 1. The molecule has 19 heavy (non-hydrogen) atoms. The lowest BCUT2D eigenvalue weighted by Gasteiger charge is -2.33. The van der Waals surface area contributed by atoms with Crippen LogP contribution in [0.25, 0.3) is 0 Å². The Hall–Kier alpha value is -1.15. The summed E-state index contributed by atoms with van der Waals surface area (Å²) in [5, 5.41) is 9.66. The minimum atomic E-state index is -3.49. The number of piperidine rings is 1. The van der Waals surface area contributed by atoms with Gasteiger partial charge in [0, 0.05) is 18.8 Å². The summed E-state index contributed by atoms with van der Waals surface area (Å²) >= 11 is 0. The number of hydrazine groups is 1. The molecule has 0 aromatic heterocycles. The van der Waals surface area contributed by atoms with Gasteiger partial charge in [0.05, 0.1) is 11.0 Å². The molecule has 1 saturated heterocycles. The van der Waals surface area contributed by atoms with Crippen LogP contribution in [-0.4, -0.2) is 37.0 Å². The number of aliphatic hydroxyl groups is 1. The van der Waals surface area contributed by atoms with Gasteiger partial charge in [0.1, 0.15) is 0 Å². The van der Waals surface area contributed by atoms with Gasteiger partial charge in [-0.05, 0) is 36.6 Å². The Morgan fingerprint density at radius 1 is 1.37 bits per heavy atom. The molecule has 2 unspecified atom stereocenters. The number of nitrogens with one attached hydrogen (secondary N) is 1. The molecule has 4 N–H and O–H groups in total. The van der Waals surface area contributed by atoms with Crippen LogP contribution in [0.5, 0.6) is 0 Å². The second-order valence-corrected chi connectivity index (χ2v) is 6.80. The molecule has 2 atom stereocenters. The molecule has 0 aliphatic carbocycles. The Morgan fingerprint density at radius 2 is 2.00 bits per heavy atom. The molecule has 1 heterocycles. The van der Waals surface area contributed by atoms with E-state index in [0.29, 0.717) is 25.2 Å². The lowest BCUT2D eigenvalue weighted by Crippen LogP contribution is -2.44. The molecule has 106 valence electrons. The predicted molar refractivity (Wildman–Crippen MR) is 72.8 cm³/mol. The number of nitrogens with zero attached hydrogens (tertiary/aromatic N) is 1. The van der Waals surface area contributed by atoms with Crippen LogP contribution in [0.15, 0.2) is 29.2 Å². The van der Waals surface area contributed by atoms with Crippen molar-refractivity contribution >= 4 is 15.7 Å². The zero-order valence-electron chi connectivity index (χ0n) is 10.8. The Morgan fingerprint density at radius 3 is 2.53 bits per heavy atom. The van der Waals surface area contributed by atoms with E-state index in [9.17, 15) is 13.5 Å². The van der Waals surface area contributed by atoms with Gasteiger partial charge in [-0.25, -0.2) is 8.42 Å². The van der Waals surface area contributed by atoms with Crippen LogP contribution in [-0.2, 0) is 10.0 Å². The van der Waals surface area contributed by atoms with Gasteiger partial charge in [-0.2, -0.15) is 4.31 Å². The molecule has 1 aliphatic rings. The maximum absolute atomic E-state index is 12.4. The van der Waals surface area contributed by atoms with Crippen LogP contribution in [0.4, 0.5) is 5.69 Å². The van der Waals surface area contributed by atoms with E-state index in [0.717, 1.165) is 0 Å². The van der Waals surface area contributed by atoms with Crippen molar-refractivity contribution in [2.75, 3.05) is 18.5 Å². The fourth-order valence-electron chi connectivity index (χ4n) is 2.19. The third-order valence-corrected chi connectivity index (χ3v) is 5.36. The molecule has 1 aromatic carbocycles. The topological polar surface area (TPSA) is 95.7 Å². The average molecular weight is 285 g/mol. The number of rotatable bonds is 3. The van der Waals surface area contributed by atoms with Crippen molar-refractivity contribution in [1.82, 2.24) is 4.31 Å². The van der Waals surface area contributed by atoms with E-state index in [1.807, 2.05) is 6.92 Å². The monoisotopic (exact) mass is 285 g/mol. The average Bonchev–Trinajstić information content (AvgIpc) is 2.41. The van der Waals surface area contributed by atoms with Crippen molar-refractivity contribution in [1.29, 1.82) is 0 Å². The summed E-state index contributed by atoms with van der Waals surface area (Å²) < 4.78 is 26.3. The Balaban J connectivity index is 2.21. The van der Waals surface area contributed by atoms with E-state index < -0.39 is 16.1 Å². The maximum atomic E-state index is 12.4. The number of hydrogen-bond donors (Lipinski definition) is 3. The highest BCUT2D eigenvalue weighted by atomic mass is 32.2. The zero-order valence-corrected chi connectivity index (χ0v) is 11.6. The van der Waals surface area contributed by atoms with Crippen molar-refractivity contribution in [3.63, 3.8) is 0 Å². The summed E-state index contributed by atoms with van der Waals surface area (Å²) in [4.78, 5) is 0.245. The fraction of sp³-hybridized carbons (Fsp3) is 0.500. The van der Waals surface area contributed by atoms with E-state index in [1.54, 1.807) is 12.1 Å². The van der Waals surface area contributed by atoms with Gasteiger partial charge < -0.3 is 10.5 Å². The van der Waals surface area contributed by atoms with E-state index in [4.69, 9.17) is 5.84 Å². The van der Waals surface area contributed by atoms with Gasteiger partial charge in [-0.15, -0.1) is 0 Å². The smallest absolute Gasteiger partial charge is 0.243 e. The van der Waals surface area contributed by atoms with Gasteiger partial charge in [0.2, 0.25) is 10.0 Å². The number of nitrogen functional groups attached to an aromatic ring is 1. The largest absolute Gasteiger partial charge is 0.393 e. The van der Waals surface area contributed by atoms with Crippen molar-refractivity contribution < 1.29 is 13.5 Å². The minimum absolute atomic E-state index is 0.0477. The van der Waals surface area contributed by atoms with Crippen molar-refractivity contribution in [2.45, 2.75) is 24.3 Å².